The minimum absolute atomic E-state index is 0.0960. The highest BCUT2D eigenvalue weighted by Crippen LogP contribution is 2.34. The molecule has 0 aromatic rings. The number of carbonyl (C=O) groups excluding carboxylic acids is 1. The van der Waals surface area contributed by atoms with Crippen LogP contribution in [0.2, 0.25) is 19.6 Å². The largest absolute Gasteiger partial charge is 0.465 e. The molecule has 2 heterocycles. The van der Waals surface area contributed by atoms with E-state index >= 15 is 0 Å². The summed E-state index contributed by atoms with van der Waals surface area (Å²) < 4.78 is 16.3. The van der Waals surface area contributed by atoms with Crippen LogP contribution in [0.5, 0.6) is 0 Å². The van der Waals surface area contributed by atoms with Crippen LogP contribution in [0.15, 0.2) is 0 Å². The molecular formula is C12H18O4Si. The molecule has 0 aliphatic carbocycles. The number of ether oxygens (including phenoxy) is 3. The molecule has 0 aromatic carbocycles. The van der Waals surface area contributed by atoms with Gasteiger partial charge in [0.05, 0.1) is 25.6 Å². The van der Waals surface area contributed by atoms with Gasteiger partial charge < -0.3 is 14.2 Å². The van der Waals surface area contributed by atoms with Gasteiger partial charge >= 0.3 is 5.97 Å². The Morgan fingerprint density at radius 2 is 1.94 bits per heavy atom. The molecule has 2 aliphatic heterocycles. The molecule has 5 heteroatoms. The summed E-state index contributed by atoms with van der Waals surface area (Å²) in [6, 6.07) is 0. The molecule has 0 spiro atoms. The van der Waals surface area contributed by atoms with Gasteiger partial charge in [0.25, 0.3) is 0 Å². The maximum Gasteiger partial charge on any atom is 0.306 e. The van der Waals surface area contributed by atoms with Crippen LogP contribution in [0, 0.1) is 17.4 Å². The number of hydrogen-bond acceptors (Lipinski definition) is 4. The third-order valence-corrected chi connectivity index (χ3v) is 3.60. The Kier molecular flexibility index (Phi) is 3.30. The van der Waals surface area contributed by atoms with E-state index in [9.17, 15) is 4.79 Å². The average Bonchev–Trinajstić information content (AvgIpc) is 2.83. The van der Waals surface area contributed by atoms with Crippen LogP contribution in [0.25, 0.3) is 0 Å². The molecule has 0 aromatic heterocycles. The van der Waals surface area contributed by atoms with Gasteiger partial charge in [-0.05, 0) is 5.92 Å². The van der Waals surface area contributed by atoms with Crippen LogP contribution >= 0.6 is 0 Å². The molecule has 2 aliphatic rings. The maximum atomic E-state index is 11.2. The highest BCUT2D eigenvalue weighted by atomic mass is 28.3. The van der Waals surface area contributed by atoms with Crippen molar-refractivity contribution in [3.63, 3.8) is 0 Å². The fourth-order valence-corrected chi connectivity index (χ4v) is 2.42. The molecule has 0 bridgehead atoms. The van der Waals surface area contributed by atoms with Gasteiger partial charge in [0.2, 0.25) is 5.79 Å². The van der Waals surface area contributed by atoms with Crippen LogP contribution in [0.4, 0.5) is 0 Å². The van der Waals surface area contributed by atoms with E-state index in [4.69, 9.17) is 14.2 Å². The Morgan fingerprint density at radius 1 is 1.29 bits per heavy atom. The summed E-state index contributed by atoms with van der Waals surface area (Å²) in [5, 5.41) is 0. The van der Waals surface area contributed by atoms with Crippen molar-refractivity contribution < 1.29 is 19.0 Å². The number of cyclic esters (lactones) is 1. The normalized spacial score (nSPS) is 27.5. The summed E-state index contributed by atoms with van der Waals surface area (Å²) in [7, 11) is -1.49. The van der Waals surface area contributed by atoms with E-state index in [1.165, 1.54) is 0 Å². The first-order chi connectivity index (χ1) is 7.91. The predicted molar refractivity (Wildman–Crippen MR) is 64.8 cm³/mol. The highest BCUT2D eigenvalue weighted by molar-refractivity contribution is 6.83. The van der Waals surface area contributed by atoms with Gasteiger partial charge in [-0.2, -0.15) is 0 Å². The van der Waals surface area contributed by atoms with Gasteiger partial charge in [-0.3, -0.25) is 4.79 Å². The zero-order chi connectivity index (χ0) is 12.5. The van der Waals surface area contributed by atoms with E-state index in [0.29, 0.717) is 26.2 Å². The summed E-state index contributed by atoms with van der Waals surface area (Å²) in [5.41, 5.74) is 3.27. The lowest BCUT2D eigenvalue weighted by Gasteiger charge is -2.26. The van der Waals surface area contributed by atoms with Crippen molar-refractivity contribution >= 4 is 14.0 Å². The molecule has 0 amide bonds. The van der Waals surface area contributed by atoms with E-state index < -0.39 is 13.9 Å². The molecule has 2 fully saturated rings. The second kappa shape index (κ2) is 4.45. The van der Waals surface area contributed by atoms with E-state index in [-0.39, 0.29) is 11.9 Å². The third kappa shape index (κ3) is 2.89. The first-order valence-corrected chi connectivity index (χ1v) is 9.39. The molecule has 17 heavy (non-hydrogen) atoms. The molecule has 0 saturated carbocycles. The number of hydrogen-bond donors (Lipinski definition) is 0. The predicted octanol–water partition coefficient (Wildman–Crippen LogP) is 1.17. The fraction of sp³-hybridized carbons (Fsp3) is 0.750. The van der Waals surface area contributed by atoms with Crippen molar-refractivity contribution in [3.05, 3.63) is 0 Å². The van der Waals surface area contributed by atoms with Gasteiger partial charge in [-0.1, -0.05) is 19.6 Å². The number of carbonyl (C=O) groups is 1. The quantitative estimate of drug-likeness (QED) is 0.400. The molecule has 1 unspecified atom stereocenters. The Bertz CT molecular complexity index is 368. The van der Waals surface area contributed by atoms with Crippen molar-refractivity contribution in [3.8, 4) is 11.5 Å². The first-order valence-electron chi connectivity index (χ1n) is 5.89. The Labute approximate surface area is 103 Å². The van der Waals surface area contributed by atoms with Crippen LogP contribution in [0.1, 0.15) is 6.42 Å². The second-order valence-electron chi connectivity index (χ2n) is 5.45. The van der Waals surface area contributed by atoms with Gasteiger partial charge in [-0.15, -0.1) is 5.54 Å². The molecule has 2 rings (SSSR count). The molecule has 2 saturated heterocycles. The summed E-state index contributed by atoms with van der Waals surface area (Å²) >= 11 is 0. The standard InChI is InChI=1S/C12H18O4Si/c1-17(2,3)7-4-12(15-5-6-16-12)10-8-11(13)14-9-10/h10H,5-6,8-9H2,1-3H3. The van der Waals surface area contributed by atoms with E-state index in [2.05, 4.69) is 31.1 Å². The monoisotopic (exact) mass is 254 g/mol. The van der Waals surface area contributed by atoms with Crippen molar-refractivity contribution in [2.24, 2.45) is 5.92 Å². The SMILES string of the molecule is C[Si](C)(C)C#CC1(C2COC(=O)C2)OCCO1. The Balaban J connectivity index is 2.20. The fourth-order valence-electron chi connectivity index (χ4n) is 1.87. The molecule has 0 radical (unpaired) electrons. The average molecular weight is 254 g/mol. The van der Waals surface area contributed by atoms with Gasteiger partial charge in [0, 0.05) is 0 Å². The summed E-state index contributed by atoms with van der Waals surface area (Å²) in [6.45, 7) is 7.91. The van der Waals surface area contributed by atoms with Gasteiger partial charge in [0.1, 0.15) is 14.7 Å². The second-order valence-corrected chi connectivity index (χ2v) is 10.2. The van der Waals surface area contributed by atoms with E-state index in [1.54, 1.807) is 0 Å². The minimum Gasteiger partial charge on any atom is -0.465 e. The zero-order valence-corrected chi connectivity index (χ0v) is 11.5. The van der Waals surface area contributed by atoms with Crippen LogP contribution in [-0.2, 0) is 19.0 Å². The molecule has 94 valence electrons. The maximum absolute atomic E-state index is 11.2. The lowest BCUT2D eigenvalue weighted by atomic mass is 9.98. The smallest absolute Gasteiger partial charge is 0.306 e. The van der Waals surface area contributed by atoms with Gasteiger partial charge in [-0.25, -0.2) is 0 Å². The lowest BCUT2D eigenvalue weighted by Crippen LogP contribution is -2.39. The zero-order valence-electron chi connectivity index (χ0n) is 10.5. The van der Waals surface area contributed by atoms with Crippen LogP contribution in [-0.4, -0.2) is 39.7 Å². The van der Waals surface area contributed by atoms with Crippen LogP contribution in [0.3, 0.4) is 0 Å². The van der Waals surface area contributed by atoms with Crippen LogP contribution < -0.4 is 0 Å². The minimum atomic E-state index is -1.49. The topological polar surface area (TPSA) is 44.8 Å². The number of esters is 1. The lowest BCUT2D eigenvalue weighted by molar-refractivity contribution is -0.147. The first kappa shape index (κ1) is 12.6. The third-order valence-electron chi connectivity index (χ3n) is 2.72. The summed E-state index contributed by atoms with van der Waals surface area (Å²) in [5.74, 6) is 1.93. The van der Waals surface area contributed by atoms with Crippen molar-refractivity contribution in [1.29, 1.82) is 0 Å². The Morgan fingerprint density at radius 3 is 2.41 bits per heavy atom. The molecule has 4 nitrogen and oxygen atoms in total. The molecule has 0 N–H and O–H groups in total. The van der Waals surface area contributed by atoms with Crippen molar-refractivity contribution in [2.45, 2.75) is 31.8 Å². The number of rotatable bonds is 1. The van der Waals surface area contributed by atoms with E-state index in [0.717, 1.165) is 0 Å². The summed E-state index contributed by atoms with van der Waals surface area (Å²) in [6.07, 6.45) is 0.334. The molecule has 1 atom stereocenters. The van der Waals surface area contributed by atoms with E-state index in [1.807, 2.05) is 0 Å². The van der Waals surface area contributed by atoms with Crippen molar-refractivity contribution in [2.75, 3.05) is 19.8 Å². The molecular weight excluding hydrogens is 236 g/mol. The van der Waals surface area contributed by atoms with Gasteiger partial charge in [0.15, 0.2) is 0 Å². The van der Waals surface area contributed by atoms with Crippen molar-refractivity contribution in [1.82, 2.24) is 0 Å². The Hall–Kier alpha value is -0.833. The highest BCUT2D eigenvalue weighted by Gasteiger charge is 2.47. The summed E-state index contributed by atoms with van der Waals surface area (Å²) in [4.78, 5) is 11.2.